The van der Waals surface area contributed by atoms with Gasteiger partial charge in [0.25, 0.3) is 5.91 Å². The topological polar surface area (TPSA) is 98.9 Å². The lowest BCUT2D eigenvalue weighted by atomic mass is 10.1. The van der Waals surface area contributed by atoms with Crippen LogP contribution < -0.4 is 10.4 Å². The molecule has 4 rings (SSSR count). The molecule has 1 aromatic carbocycles. The van der Waals surface area contributed by atoms with Crippen LogP contribution in [-0.4, -0.2) is 37.3 Å². The third-order valence-electron chi connectivity index (χ3n) is 4.83. The Morgan fingerprint density at radius 2 is 1.93 bits per heavy atom. The number of aliphatic hydroxyl groups excluding tert-OH is 1. The van der Waals surface area contributed by atoms with Gasteiger partial charge in [0.1, 0.15) is 12.5 Å². The maximum Gasteiger partial charge on any atom is 0.278 e. The van der Waals surface area contributed by atoms with E-state index in [4.69, 9.17) is 0 Å². The van der Waals surface area contributed by atoms with Gasteiger partial charge in [-0.05, 0) is 24.6 Å². The molecule has 8 nitrogen and oxygen atoms in total. The lowest BCUT2D eigenvalue weighted by Gasteiger charge is -2.39. The number of aryl methyl sites for hydroxylation is 1. The number of aliphatic hydroxyl groups is 1. The molecule has 0 fully saturated rings. The van der Waals surface area contributed by atoms with Crippen LogP contribution in [0, 0.1) is 12.7 Å². The highest BCUT2D eigenvalue weighted by Gasteiger charge is 2.33. The van der Waals surface area contributed by atoms with E-state index >= 15 is 0 Å². The van der Waals surface area contributed by atoms with Crippen molar-refractivity contribution in [2.24, 2.45) is 0 Å². The van der Waals surface area contributed by atoms with Gasteiger partial charge in [0, 0.05) is 23.7 Å². The van der Waals surface area contributed by atoms with Crippen molar-refractivity contribution in [2.45, 2.75) is 26.6 Å². The Morgan fingerprint density at radius 1 is 1.20 bits per heavy atom. The van der Waals surface area contributed by atoms with E-state index in [2.05, 4.69) is 4.98 Å². The van der Waals surface area contributed by atoms with E-state index < -0.39 is 23.7 Å². The molecule has 3 aromatic rings. The third kappa shape index (κ3) is 3.66. The molecular formula is C20H19FN4O4S. The number of rotatable bonds is 5. The molecule has 0 bridgehead atoms. The van der Waals surface area contributed by atoms with Crippen LogP contribution in [0.5, 0.6) is 5.75 Å². The number of nitrogens with zero attached hydrogens (tertiary/aromatic N) is 4. The molecule has 10 heteroatoms. The average molecular weight is 430 g/mol. The molecule has 0 saturated heterocycles. The van der Waals surface area contributed by atoms with Crippen LogP contribution in [0.1, 0.15) is 32.3 Å². The van der Waals surface area contributed by atoms with Crippen LogP contribution in [0.25, 0.3) is 0 Å². The van der Waals surface area contributed by atoms with Crippen LogP contribution in [0.2, 0.25) is 0 Å². The van der Waals surface area contributed by atoms with E-state index in [-0.39, 0.29) is 30.3 Å². The Balaban J connectivity index is 1.76. The van der Waals surface area contributed by atoms with Gasteiger partial charge < -0.3 is 15.1 Å². The number of thiazole rings is 1. The first-order valence-electron chi connectivity index (χ1n) is 9.15. The molecule has 156 valence electrons. The van der Waals surface area contributed by atoms with Gasteiger partial charge in [0.2, 0.25) is 5.43 Å². The Hall–Kier alpha value is -3.24. The summed E-state index contributed by atoms with van der Waals surface area (Å²) in [5.74, 6) is -1.63. The van der Waals surface area contributed by atoms with Gasteiger partial charge in [-0.3, -0.25) is 19.3 Å². The van der Waals surface area contributed by atoms with Gasteiger partial charge in [-0.25, -0.2) is 9.37 Å². The number of aromatic nitrogens is 2. The van der Waals surface area contributed by atoms with Gasteiger partial charge >= 0.3 is 0 Å². The summed E-state index contributed by atoms with van der Waals surface area (Å²) < 4.78 is 14.6. The number of hydrogen-bond acceptors (Lipinski definition) is 7. The summed E-state index contributed by atoms with van der Waals surface area (Å²) in [7, 11) is 0. The molecule has 2 aromatic heterocycles. The summed E-state index contributed by atoms with van der Waals surface area (Å²) in [6.07, 6.45) is 1.36. The van der Waals surface area contributed by atoms with Crippen molar-refractivity contribution in [2.75, 3.05) is 11.7 Å². The van der Waals surface area contributed by atoms with E-state index in [0.29, 0.717) is 12.1 Å². The van der Waals surface area contributed by atoms with Crippen molar-refractivity contribution in [3.05, 3.63) is 79.4 Å². The van der Waals surface area contributed by atoms with Crippen LogP contribution >= 0.6 is 11.3 Å². The molecule has 0 spiro atoms. The number of fused-ring (bicyclic) bond motifs is 1. The molecule has 0 saturated carbocycles. The van der Waals surface area contributed by atoms with E-state index in [1.165, 1.54) is 39.2 Å². The second kappa shape index (κ2) is 7.88. The molecule has 1 amide bonds. The Morgan fingerprint density at radius 3 is 2.57 bits per heavy atom. The summed E-state index contributed by atoms with van der Waals surface area (Å²) >= 11 is 1.49. The van der Waals surface area contributed by atoms with Crippen molar-refractivity contribution in [1.29, 1.82) is 0 Å². The van der Waals surface area contributed by atoms with Gasteiger partial charge in [0.15, 0.2) is 11.4 Å². The second-order valence-corrected chi connectivity index (χ2v) is 8.04. The predicted octanol–water partition coefficient (Wildman–Crippen LogP) is 1.70. The lowest BCUT2D eigenvalue weighted by molar-refractivity contribution is 0.0669. The third-order valence-corrected chi connectivity index (χ3v) is 5.66. The number of amides is 1. The zero-order valence-corrected chi connectivity index (χ0v) is 16.9. The van der Waals surface area contributed by atoms with Gasteiger partial charge in [-0.15, -0.1) is 11.3 Å². The second-order valence-electron chi connectivity index (χ2n) is 6.98. The van der Waals surface area contributed by atoms with Crippen LogP contribution in [0.15, 0.2) is 40.6 Å². The Bertz CT molecular complexity index is 1160. The highest BCUT2D eigenvalue weighted by molar-refractivity contribution is 7.09. The fourth-order valence-corrected chi connectivity index (χ4v) is 3.98. The molecule has 0 radical (unpaired) electrons. The minimum Gasteiger partial charge on any atom is -0.502 e. The normalized spacial score (nSPS) is 13.6. The monoisotopic (exact) mass is 430 g/mol. The highest BCUT2D eigenvalue weighted by Crippen LogP contribution is 2.24. The van der Waals surface area contributed by atoms with Crippen molar-refractivity contribution < 1.29 is 19.4 Å². The maximum absolute atomic E-state index is 13.2. The number of carbonyl (C=O) groups excluding carboxylic acids is 1. The molecule has 1 aliphatic heterocycles. The van der Waals surface area contributed by atoms with E-state index in [1.54, 1.807) is 17.1 Å². The molecular weight excluding hydrogens is 411 g/mol. The number of aromatic hydroxyl groups is 1. The van der Waals surface area contributed by atoms with E-state index in [9.17, 15) is 24.2 Å². The first kappa shape index (κ1) is 20.0. The maximum atomic E-state index is 13.2. The largest absolute Gasteiger partial charge is 0.502 e. The molecule has 0 unspecified atom stereocenters. The Kier molecular flexibility index (Phi) is 5.27. The predicted molar refractivity (Wildman–Crippen MR) is 108 cm³/mol. The number of halogens is 1. The first-order valence-corrected chi connectivity index (χ1v) is 10.0. The molecule has 3 heterocycles. The van der Waals surface area contributed by atoms with Crippen molar-refractivity contribution in [1.82, 2.24) is 14.6 Å². The fourth-order valence-electron chi connectivity index (χ4n) is 3.38. The highest BCUT2D eigenvalue weighted by atomic mass is 32.1. The molecule has 0 aliphatic carbocycles. The number of benzene rings is 1. The van der Waals surface area contributed by atoms with E-state index in [1.807, 2.05) is 12.3 Å². The Labute approximate surface area is 175 Å². The summed E-state index contributed by atoms with van der Waals surface area (Å²) in [6.45, 7) is 1.95. The molecule has 30 heavy (non-hydrogen) atoms. The van der Waals surface area contributed by atoms with Gasteiger partial charge in [0.05, 0.1) is 23.9 Å². The summed E-state index contributed by atoms with van der Waals surface area (Å²) in [5.41, 5.74) is 0.484. The van der Waals surface area contributed by atoms with Crippen molar-refractivity contribution in [3.8, 4) is 5.75 Å². The minimum absolute atomic E-state index is 0.0181. The molecule has 0 atom stereocenters. The number of pyridine rings is 1. The SMILES string of the molecule is Cc1nc(CN2CN(Cc3ccc(F)cc3)C(=O)c3c(O)c(=O)c(CO)cn32)cs1. The van der Waals surface area contributed by atoms with Crippen LogP contribution in [0.3, 0.4) is 0 Å². The number of hydrogen-bond donors (Lipinski definition) is 2. The minimum atomic E-state index is -0.787. The molecule has 1 aliphatic rings. The summed E-state index contributed by atoms with van der Waals surface area (Å²) in [4.78, 5) is 31.3. The smallest absolute Gasteiger partial charge is 0.278 e. The van der Waals surface area contributed by atoms with Crippen LogP contribution in [0.4, 0.5) is 4.39 Å². The van der Waals surface area contributed by atoms with Gasteiger partial charge in [-0.2, -0.15) is 0 Å². The van der Waals surface area contributed by atoms with Crippen LogP contribution in [-0.2, 0) is 19.7 Å². The first-order chi connectivity index (χ1) is 14.4. The lowest BCUT2D eigenvalue weighted by Crippen LogP contribution is -2.53. The molecule has 2 N–H and O–H groups in total. The summed E-state index contributed by atoms with van der Waals surface area (Å²) in [5, 5.41) is 24.5. The van der Waals surface area contributed by atoms with Gasteiger partial charge in [-0.1, -0.05) is 12.1 Å². The standard InChI is InChI=1S/C20H19FN4O4S/c1-12-22-16(10-30-12)8-24-11-23(6-13-2-4-15(21)5-3-13)20(29)17-19(28)18(27)14(9-26)7-25(17)24/h2-5,7,10,26,28H,6,8-9,11H2,1H3. The quantitative estimate of drug-likeness (QED) is 0.639. The van der Waals surface area contributed by atoms with E-state index in [0.717, 1.165) is 10.7 Å². The fraction of sp³-hybridized carbons (Fsp3) is 0.250. The average Bonchev–Trinajstić information content (AvgIpc) is 3.13. The zero-order valence-electron chi connectivity index (χ0n) is 16.1. The number of carbonyl (C=O) groups is 1. The van der Waals surface area contributed by atoms with Crippen molar-refractivity contribution in [3.63, 3.8) is 0 Å². The summed E-state index contributed by atoms with van der Waals surface area (Å²) in [6, 6.07) is 5.77. The zero-order chi connectivity index (χ0) is 21.4. The van der Waals surface area contributed by atoms with Crippen molar-refractivity contribution >= 4 is 17.2 Å².